The smallest absolute Gasteiger partial charge is 0.141 e. The van der Waals surface area contributed by atoms with Crippen molar-refractivity contribution in [3.05, 3.63) is 53.1 Å². The summed E-state index contributed by atoms with van der Waals surface area (Å²) in [6.07, 6.45) is 1.90. The van der Waals surface area contributed by atoms with Crippen LogP contribution < -0.4 is 10.1 Å². The van der Waals surface area contributed by atoms with Gasteiger partial charge in [-0.25, -0.2) is 14.4 Å². The van der Waals surface area contributed by atoms with Crippen molar-refractivity contribution in [1.82, 2.24) is 14.9 Å². The fraction of sp³-hybridized carbons (Fsp3) is 0.348. The monoisotopic (exact) mass is 441 g/mol. The predicted molar refractivity (Wildman–Crippen MR) is 121 cm³/mol. The summed E-state index contributed by atoms with van der Waals surface area (Å²) in [6, 6.07) is 10.5. The first-order valence-corrected chi connectivity index (χ1v) is 10.4. The van der Waals surface area contributed by atoms with Gasteiger partial charge in [-0.1, -0.05) is 11.6 Å². The highest BCUT2D eigenvalue weighted by atomic mass is 35.5. The number of aromatic nitrogens is 2. The Bertz CT molecular complexity index is 1130. The van der Waals surface area contributed by atoms with Crippen LogP contribution in [0, 0.1) is 17.1 Å². The number of ether oxygens (including phenoxy) is 1. The summed E-state index contributed by atoms with van der Waals surface area (Å²) in [6.45, 7) is 7.25. The largest absolute Gasteiger partial charge is 0.493 e. The maximum Gasteiger partial charge on any atom is 0.141 e. The molecule has 0 amide bonds. The first-order valence-electron chi connectivity index (χ1n) is 10.00. The van der Waals surface area contributed by atoms with E-state index in [-0.39, 0.29) is 5.02 Å². The summed E-state index contributed by atoms with van der Waals surface area (Å²) >= 11 is 5.92. The van der Waals surface area contributed by atoms with Gasteiger partial charge in [0.25, 0.3) is 0 Å². The fourth-order valence-electron chi connectivity index (χ4n) is 3.35. The van der Waals surface area contributed by atoms with Crippen molar-refractivity contribution in [1.29, 1.82) is 5.26 Å². The third-order valence-electron chi connectivity index (χ3n) is 5.39. The van der Waals surface area contributed by atoms with Crippen LogP contribution in [0.15, 0.2) is 36.7 Å². The molecule has 0 radical (unpaired) electrons. The average Bonchev–Trinajstić information content (AvgIpc) is 2.74. The summed E-state index contributed by atoms with van der Waals surface area (Å²) in [7, 11) is 1.98. The molecule has 0 atom stereocenters. The number of halogens is 2. The molecule has 0 unspecified atom stereocenters. The second-order valence-corrected chi connectivity index (χ2v) is 8.07. The van der Waals surface area contributed by atoms with E-state index in [9.17, 15) is 4.39 Å². The van der Waals surface area contributed by atoms with Gasteiger partial charge in [0.2, 0.25) is 0 Å². The lowest BCUT2D eigenvalue weighted by Gasteiger charge is -2.37. The van der Waals surface area contributed by atoms with Gasteiger partial charge in [0.1, 0.15) is 23.7 Å². The molecule has 0 aliphatic carbocycles. The lowest BCUT2D eigenvalue weighted by Crippen LogP contribution is -2.39. The summed E-state index contributed by atoms with van der Waals surface area (Å²) in [5.41, 5.74) is 1.87. The quantitative estimate of drug-likeness (QED) is 0.487. The Morgan fingerprint density at radius 3 is 2.71 bits per heavy atom. The van der Waals surface area contributed by atoms with Crippen LogP contribution in [0.25, 0.3) is 10.9 Å². The molecule has 1 heterocycles. The van der Waals surface area contributed by atoms with E-state index in [1.807, 2.05) is 26.1 Å². The van der Waals surface area contributed by atoms with Gasteiger partial charge in [0.15, 0.2) is 0 Å². The molecule has 0 saturated heterocycles. The maximum absolute atomic E-state index is 13.5. The molecule has 3 rings (SSSR count). The SMILES string of the molecule is CCOc1cc2ncnc(Nc3ccc(F)c(Cl)c3)c2cc1C(C)(C)N(C)CCC#N. The number of hydrogen-bond acceptors (Lipinski definition) is 6. The molecule has 6 nitrogen and oxygen atoms in total. The summed E-state index contributed by atoms with van der Waals surface area (Å²) in [5, 5.41) is 13.0. The molecule has 0 saturated carbocycles. The molecule has 3 aromatic rings. The van der Waals surface area contributed by atoms with Crippen LogP contribution in [-0.2, 0) is 5.54 Å². The number of nitrogens with one attached hydrogen (secondary N) is 1. The third kappa shape index (κ3) is 4.87. The average molecular weight is 442 g/mol. The zero-order chi connectivity index (χ0) is 22.6. The van der Waals surface area contributed by atoms with Crippen LogP contribution in [-0.4, -0.2) is 35.1 Å². The molecular weight excluding hydrogens is 417 g/mol. The Morgan fingerprint density at radius 1 is 1.26 bits per heavy atom. The molecule has 1 aromatic heterocycles. The Kier molecular flexibility index (Phi) is 6.94. The van der Waals surface area contributed by atoms with Crippen molar-refractivity contribution in [3.63, 3.8) is 0 Å². The van der Waals surface area contributed by atoms with Crippen LogP contribution in [0.2, 0.25) is 5.02 Å². The molecule has 0 fully saturated rings. The van der Waals surface area contributed by atoms with Gasteiger partial charge in [-0.05, 0) is 52.1 Å². The van der Waals surface area contributed by atoms with Crippen LogP contribution >= 0.6 is 11.6 Å². The van der Waals surface area contributed by atoms with Gasteiger partial charge >= 0.3 is 0 Å². The zero-order valence-corrected chi connectivity index (χ0v) is 18.8. The van der Waals surface area contributed by atoms with Gasteiger partial charge in [0.05, 0.1) is 23.2 Å². The van der Waals surface area contributed by atoms with E-state index in [0.29, 0.717) is 36.6 Å². The Hall–Kier alpha value is -2.95. The minimum Gasteiger partial charge on any atom is -0.493 e. The molecule has 1 N–H and O–H groups in total. The molecule has 8 heteroatoms. The fourth-order valence-corrected chi connectivity index (χ4v) is 3.53. The van der Waals surface area contributed by atoms with E-state index in [0.717, 1.165) is 16.7 Å². The topological polar surface area (TPSA) is 74.1 Å². The number of hydrogen-bond donors (Lipinski definition) is 1. The molecule has 2 aromatic carbocycles. The zero-order valence-electron chi connectivity index (χ0n) is 18.0. The van der Waals surface area contributed by atoms with Crippen molar-refractivity contribution in [2.45, 2.75) is 32.7 Å². The van der Waals surface area contributed by atoms with Crippen molar-refractivity contribution in [3.8, 4) is 11.8 Å². The van der Waals surface area contributed by atoms with Crippen molar-refractivity contribution >= 4 is 34.0 Å². The number of benzene rings is 2. The van der Waals surface area contributed by atoms with Crippen molar-refractivity contribution < 1.29 is 9.13 Å². The Balaban J connectivity index is 2.11. The second kappa shape index (κ2) is 9.46. The number of nitriles is 1. The first kappa shape index (κ1) is 22.7. The summed E-state index contributed by atoms with van der Waals surface area (Å²) < 4.78 is 19.5. The van der Waals surface area contributed by atoms with Crippen molar-refractivity contribution in [2.24, 2.45) is 0 Å². The van der Waals surface area contributed by atoms with E-state index in [1.165, 1.54) is 18.5 Å². The van der Waals surface area contributed by atoms with E-state index in [4.69, 9.17) is 21.6 Å². The molecule has 162 valence electrons. The Morgan fingerprint density at radius 2 is 2.03 bits per heavy atom. The lowest BCUT2D eigenvalue weighted by atomic mass is 9.90. The molecular formula is C23H25ClFN5O. The van der Waals surface area contributed by atoms with E-state index < -0.39 is 11.4 Å². The summed E-state index contributed by atoms with van der Waals surface area (Å²) in [5.74, 6) is 0.830. The van der Waals surface area contributed by atoms with Crippen molar-refractivity contribution in [2.75, 3.05) is 25.5 Å². The van der Waals surface area contributed by atoms with Crippen LogP contribution in [0.1, 0.15) is 32.8 Å². The van der Waals surface area contributed by atoms with Gasteiger partial charge in [-0.15, -0.1) is 0 Å². The predicted octanol–water partition coefficient (Wildman–Crippen LogP) is 5.65. The maximum atomic E-state index is 13.5. The molecule has 0 bridgehead atoms. The number of fused-ring (bicyclic) bond motifs is 1. The molecule has 0 spiro atoms. The van der Waals surface area contributed by atoms with Crippen LogP contribution in [0.3, 0.4) is 0 Å². The highest BCUT2D eigenvalue weighted by molar-refractivity contribution is 6.31. The minimum atomic E-state index is -0.481. The Labute approximate surface area is 186 Å². The normalized spacial score (nSPS) is 11.5. The van der Waals surface area contributed by atoms with Gasteiger partial charge in [-0.2, -0.15) is 5.26 Å². The second-order valence-electron chi connectivity index (χ2n) is 7.66. The number of rotatable bonds is 8. The molecule has 31 heavy (non-hydrogen) atoms. The van der Waals surface area contributed by atoms with Gasteiger partial charge in [-0.3, -0.25) is 4.90 Å². The van der Waals surface area contributed by atoms with E-state index >= 15 is 0 Å². The minimum absolute atomic E-state index is 0.0305. The molecule has 0 aliphatic rings. The highest BCUT2D eigenvalue weighted by Gasteiger charge is 2.30. The van der Waals surface area contributed by atoms with E-state index in [1.54, 1.807) is 6.07 Å². The van der Waals surface area contributed by atoms with Gasteiger partial charge < -0.3 is 10.1 Å². The van der Waals surface area contributed by atoms with E-state index in [2.05, 4.69) is 40.1 Å². The molecule has 0 aliphatic heterocycles. The first-order chi connectivity index (χ1) is 14.8. The van der Waals surface area contributed by atoms with Gasteiger partial charge in [0, 0.05) is 41.2 Å². The highest BCUT2D eigenvalue weighted by Crippen LogP contribution is 2.38. The third-order valence-corrected chi connectivity index (χ3v) is 5.68. The standard InChI is InChI=1S/C23H25ClFN5O/c1-5-31-21-13-20-16(12-17(21)23(2,3)30(4)10-6-9-26)22(28-14-27-20)29-15-7-8-19(25)18(24)11-15/h7-8,11-14H,5-6,10H2,1-4H3,(H,27,28,29). The van der Waals surface area contributed by atoms with Crippen LogP contribution in [0.5, 0.6) is 5.75 Å². The lowest BCUT2D eigenvalue weighted by molar-refractivity contribution is 0.155. The number of nitrogens with zero attached hydrogens (tertiary/aromatic N) is 4. The number of anilines is 2. The summed E-state index contributed by atoms with van der Waals surface area (Å²) in [4.78, 5) is 10.9. The van der Waals surface area contributed by atoms with Crippen LogP contribution in [0.4, 0.5) is 15.9 Å².